The fraction of sp³-hybridized carbons (Fsp3) is 0.385. The first-order chi connectivity index (χ1) is 26.4. The van der Waals surface area contributed by atoms with E-state index in [0.717, 1.165) is 9.80 Å². The third kappa shape index (κ3) is 7.92. The van der Waals surface area contributed by atoms with Gasteiger partial charge < -0.3 is 34.7 Å². The molecule has 0 aliphatic carbocycles. The van der Waals surface area contributed by atoms with E-state index in [0.29, 0.717) is 84.6 Å². The first-order valence-corrected chi connectivity index (χ1v) is 18.0. The van der Waals surface area contributed by atoms with Crippen LogP contribution in [0.3, 0.4) is 0 Å². The number of H-pyrrole nitrogens is 1. The van der Waals surface area contributed by atoms with Gasteiger partial charge >= 0.3 is 0 Å². The number of anilines is 2. The summed E-state index contributed by atoms with van der Waals surface area (Å²) in [6.07, 6.45) is 1.82. The van der Waals surface area contributed by atoms with Gasteiger partial charge in [-0.25, -0.2) is 4.39 Å². The Morgan fingerprint density at radius 1 is 0.873 bits per heavy atom. The summed E-state index contributed by atoms with van der Waals surface area (Å²) >= 11 is 0. The maximum absolute atomic E-state index is 14.0. The van der Waals surface area contributed by atoms with Gasteiger partial charge in [-0.3, -0.25) is 38.6 Å². The third-order valence-electron chi connectivity index (χ3n) is 9.85. The molecule has 0 bridgehead atoms. The van der Waals surface area contributed by atoms with E-state index >= 15 is 0 Å². The molecule has 1 saturated heterocycles. The fourth-order valence-corrected chi connectivity index (χ4v) is 6.96. The molecule has 1 aromatic heterocycles. The Hall–Kier alpha value is -5.71. The number of carbonyl (C=O) groups excluding carboxylic acids is 6. The van der Waals surface area contributed by atoms with E-state index in [1.807, 2.05) is 0 Å². The molecule has 0 spiro atoms. The molecule has 55 heavy (non-hydrogen) atoms. The van der Waals surface area contributed by atoms with Crippen LogP contribution in [0.15, 0.2) is 36.4 Å². The maximum Gasteiger partial charge on any atom is 0.264 e. The number of nitrogens with one attached hydrogen (secondary N) is 3. The van der Waals surface area contributed by atoms with Crippen molar-refractivity contribution in [3.05, 3.63) is 81.4 Å². The number of fused-ring (bicyclic) bond motifs is 2. The minimum atomic E-state index is -1.02. The molecular formula is C39H43FN6O9. The second-order valence-electron chi connectivity index (χ2n) is 13.3. The molecule has 2 aromatic carbocycles. The van der Waals surface area contributed by atoms with E-state index in [2.05, 4.69) is 15.6 Å². The maximum atomic E-state index is 14.0. The average molecular weight is 759 g/mol. The van der Waals surface area contributed by atoms with Gasteiger partial charge in [0.25, 0.3) is 29.5 Å². The molecule has 4 heterocycles. The van der Waals surface area contributed by atoms with Gasteiger partial charge in [-0.2, -0.15) is 0 Å². The zero-order valence-electron chi connectivity index (χ0n) is 31.1. The highest BCUT2D eigenvalue weighted by molar-refractivity contribution is 6.35. The number of piperidine rings is 1. The molecule has 6 amide bonds. The monoisotopic (exact) mass is 758 g/mol. The molecule has 3 aromatic rings. The SMILES string of the molecule is Cc1[nH]c(/C=C2\C(=O)N(C)c3ccc(F)cc32)c(C)c1C(=O)NCCOCCOCCOCCNc1cccc2c1C(=O)N(C1CCC(=O)N(C)C1=O)C2=O. The molecule has 1 fully saturated rings. The van der Waals surface area contributed by atoms with E-state index in [9.17, 15) is 33.2 Å². The number of likely N-dealkylation sites (tertiary alicyclic amines) is 1. The topological polar surface area (TPSA) is 180 Å². The van der Waals surface area contributed by atoms with Crippen molar-refractivity contribution >= 4 is 58.5 Å². The zero-order valence-corrected chi connectivity index (χ0v) is 31.1. The minimum absolute atomic E-state index is 0.0725. The Kier molecular flexibility index (Phi) is 11.9. The minimum Gasteiger partial charge on any atom is -0.382 e. The molecule has 3 aliphatic rings. The van der Waals surface area contributed by atoms with Crippen molar-refractivity contribution in [3.8, 4) is 0 Å². The summed E-state index contributed by atoms with van der Waals surface area (Å²) in [5.41, 5.74) is 4.66. The number of hydrogen-bond donors (Lipinski definition) is 3. The summed E-state index contributed by atoms with van der Waals surface area (Å²) in [4.78, 5) is 83.5. The lowest BCUT2D eigenvalue weighted by atomic mass is 10.0. The van der Waals surface area contributed by atoms with Crippen LogP contribution >= 0.6 is 0 Å². The standard InChI is InChI=1S/C39H43FN6O9/c1-22-29(21-27-26-20-24(40)8-9-30(26)44(3)36(27)49)43-23(2)33(22)35(48)42-13-15-54-17-19-55-18-16-53-14-12-41-28-7-5-6-25-34(28)39(52)46(37(25)50)31-10-11-32(47)45(4)38(31)51/h5-9,20-21,31,41,43H,10-19H2,1-4H3,(H,42,48)/b27-21-. The predicted molar refractivity (Wildman–Crippen MR) is 199 cm³/mol. The summed E-state index contributed by atoms with van der Waals surface area (Å²) in [5, 5.41) is 5.98. The lowest BCUT2D eigenvalue weighted by Crippen LogP contribution is -2.54. The van der Waals surface area contributed by atoms with Crippen LogP contribution in [0.25, 0.3) is 11.6 Å². The molecule has 3 N–H and O–H groups in total. The van der Waals surface area contributed by atoms with Crippen LogP contribution in [0.5, 0.6) is 0 Å². The van der Waals surface area contributed by atoms with E-state index in [4.69, 9.17) is 14.2 Å². The number of aryl methyl sites for hydroxylation is 1. The number of halogens is 1. The average Bonchev–Trinajstić information content (AvgIpc) is 3.69. The summed E-state index contributed by atoms with van der Waals surface area (Å²) < 4.78 is 30.7. The molecule has 0 radical (unpaired) electrons. The van der Waals surface area contributed by atoms with Crippen molar-refractivity contribution in [1.29, 1.82) is 0 Å². The predicted octanol–water partition coefficient (Wildman–Crippen LogP) is 2.92. The number of aromatic amines is 1. The van der Waals surface area contributed by atoms with Crippen LogP contribution in [0.1, 0.15) is 66.4 Å². The summed E-state index contributed by atoms with van der Waals surface area (Å²) in [5.74, 6) is -3.03. The van der Waals surface area contributed by atoms with Gasteiger partial charge in [-0.05, 0) is 62.2 Å². The molecule has 1 atom stereocenters. The van der Waals surface area contributed by atoms with Crippen molar-refractivity contribution in [2.75, 3.05) is 77.0 Å². The molecule has 1 unspecified atom stereocenters. The van der Waals surface area contributed by atoms with Crippen LogP contribution < -0.4 is 15.5 Å². The van der Waals surface area contributed by atoms with Crippen molar-refractivity contribution < 1.29 is 47.4 Å². The van der Waals surface area contributed by atoms with Gasteiger partial charge in [0.05, 0.1) is 67.6 Å². The molecule has 0 saturated carbocycles. The van der Waals surface area contributed by atoms with Crippen LogP contribution in [0.4, 0.5) is 15.8 Å². The van der Waals surface area contributed by atoms with E-state index < -0.39 is 29.6 Å². The Morgan fingerprint density at radius 3 is 2.29 bits per heavy atom. The van der Waals surface area contributed by atoms with Gasteiger partial charge in [0, 0.05) is 56.2 Å². The van der Waals surface area contributed by atoms with Crippen LogP contribution in [0, 0.1) is 19.7 Å². The highest BCUT2D eigenvalue weighted by Crippen LogP contribution is 2.38. The smallest absolute Gasteiger partial charge is 0.264 e. The number of ether oxygens (including phenoxy) is 3. The molecule has 6 rings (SSSR count). The van der Waals surface area contributed by atoms with Gasteiger partial charge in [-0.15, -0.1) is 0 Å². The molecule has 3 aliphatic heterocycles. The summed E-state index contributed by atoms with van der Waals surface area (Å²) in [6, 6.07) is 8.08. The summed E-state index contributed by atoms with van der Waals surface area (Å²) in [7, 11) is 2.98. The third-order valence-corrected chi connectivity index (χ3v) is 9.85. The number of carbonyl (C=O) groups is 6. The van der Waals surface area contributed by atoms with Crippen LogP contribution in [-0.4, -0.2) is 123 Å². The lowest BCUT2D eigenvalue weighted by Gasteiger charge is -2.32. The Balaban J connectivity index is 0.854. The van der Waals surface area contributed by atoms with Crippen molar-refractivity contribution in [2.45, 2.75) is 32.7 Å². The normalized spacial score (nSPS) is 17.5. The number of rotatable bonds is 16. The number of benzene rings is 2. The number of likely N-dealkylation sites (N-methyl/N-ethyl adjacent to an activating group) is 2. The van der Waals surface area contributed by atoms with Crippen molar-refractivity contribution in [1.82, 2.24) is 20.1 Å². The fourth-order valence-electron chi connectivity index (χ4n) is 6.96. The second kappa shape index (κ2) is 16.8. The van der Waals surface area contributed by atoms with Crippen molar-refractivity contribution in [3.63, 3.8) is 0 Å². The Labute approximate surface area is 316 Å². The van der Waals surface area contributed by atoms with Gasteiger partial charge in [0.2, 0.25) is 5.91 Å². The molecule has 16 heteroatoms. The van der Waals surface area contributed by atoms with Gasteiger partial charge in [0.1, 0.15) is 11.9 Å². The lowest BCUT2D eigenvalue weighted by molar-refractivity contribution is -0.149. The largest absolute Gasteiger partial charge is 0.382 e. The highest BCUT2D eigenvalue weighted by atomic mass is 19.1. The van der Waals surface area contributed by atoms with Gasteiger partial charge in [0.15, 0.2) is 0 Å². The number of amides is 6. The number of imide groups is 2. The Bertz CT molecular complexity index is 2080. The van der Waals surface area contributed by atoms with Crippen LogP contribution in [0.2, 0.25) is 0 Å². The highest BCUT2D eigenvalue weighted by Gasteiger charge is 2.47. The summed E-state index contributed by atoms with van der Waals surface area (Å²) in [6.45, 7) is 6.00. The first-order valence-electron chi connectivity index (χ1n) is 18.0. The van der Waals surface area contributed by atoms with Gasteiger partial charge in [-0.1, -0.05) is 6.07 Å². The second-order valence-corrected chi connectivity index (χ2v) is 13.3. The number of aromatic nitrogens is 1. The van der Waals surface area contributed by atoms with E-state index in [1.54, 1.807) is 51.2 Å². The number of nitrogens with zero attached hydrogens (tertiary/aromatic N) is 3. The van der Waals surface area contributed by atoms with E-state index in [-0.39, 0.29) is 54.8 Å². The van der Waals surface area contributed by atoms with E-state index in [1.165, 1.54) is 24.1 Å². The zero-order chi connectivity index (χ0) is 39.4. The first kappa shape index (κ1) is 39.0. The van der Waals surface area contributed by atoms with Crippen molar-refractivity contribution in [2.24, 2.45) is 0 Å². The molecular weight excluding hydrogens is 715 g/mol. The Morgan fingerprint density at radius 2 is 1.56 bits per heavy atom. The molecule has 15 nitrogen and oxygen atoms in total. The van der Waals surface area contributed by atoms with Crippen LogP contribution in [-0.2, 0) is 28.6 Å². The molecule has 290 valence electrons. The number of hydrogen-bond acceptors (Lipinski definition) is 10. The quantitative estimate of drug-likeness (QED) is 0.112.